The number of rotatable bonds is 2. The maximum atomic E-state index is 13.4. The molecular formula is C12H10BrClFNO. The molecule has 0 saturated heterocycles. The molecule has 0 radical (unpaired) electrons. The maximum Gasteiger partial charge on any atom is 0.235 e. The molecule has 5 heteroatoms. The Kier molecular flexibility index (Phi) is 3.67. The van der Waals surface area contributed by atoms with Crippen LogP contribution < -0.4 is 0 Å². The zero-order valence-electron chi connectivity index (χ0n) is 8.97. The van der Waals surface area contributed by atoms with Crippen molar-refractivity contribution in [1.29, 1.82) is 0 Å². The highest BCUT2D eigenvalue weighted by molar-refractivity contribution is 9.10. The number of hydrogen-bond acceptors (Lipinski definition) is 2. The van der Waals surface area contributed by atoms with E-state index in [9.17, 15) is 9.18 Å². The number of aliphatic imine (C=N–C) groups is 1. The molecule has 1 aromatic carbocycles. The Morgan fingerprint density at radius 1 is 1.41 bits per heavy atom. The van der Waals surface area contributed by atoms with E-state index in [1.54, 1.807) is 18.2 Å². The topological polar surface area (TPSA) is 29.4 Å². The fraction of sp³-hybridized carbons (Fsp3) is 0.417. The summed E-state index contributed by atoms with van der Waals surface area (Å²) in [5.74, 6) is -0.487. The highest BCUT2D eigenvalue weighted by Crippen LogP contribution is 2.44. The maximum absolute atomic E-state index is 13.4. The lowest BCUT2D eigenvalue weighted by molar-refractivity contribution is 0.454. The fourth-order valence-corrected chi connectivity index (χ4v) is 3.13. The van der Waals surface area contributed by atoms with Gasteiger partial charge in [-0.1, -0.05) is 24.4 Å². The van der Waals surface area contributed by atoms with Crippen molar-refractivity contribution in [2.24, 2.45) is 4.99 Å². The summed E-state index contributed by atoms with van der Waals surface area (Å²) >= 11 is 8.93. The van der Waals surface area contributed by atoms with Gasteiger partial charge in [0.05, 0.1) is 15.0 Å². The molecule has 90 valence electrons. The zero-order valence-corrected chi connectivity index (χ0v) is 11.3. The van der Waals surface area contributed by atoms with E-state index in [4.69, 9.17) is 11.6 Å². The van der Waals surface area contributed by atoms with E-state index < -0.39 is 11.4 Å². The van der Waals surface area contributed by atoms with Crippen LogP contribution in [0.25, 0.3) is 0 Å². The molecule has 0 heterocycles. The summed E-state index contributed by atoms with van der Waals surface area (Å²) in [5.41, 5.74) is 0.207. The normalized spacial score (nSPS) is 17.8. The van der Waals surface area contributed by atoms with E-state index in [-0.39, 0.29) is 5.02 Å². The SMILES string of the molecule is O=C=NC1(c2cc(Cl)c(F)c(Br)c2)CCCC1. The molecule has 17 heavy (non-hydrogen) atoms. The van der Waals surface area contributed by atoms with E-state index in [0.717, 1.165) is 31.2 Å². The molecule has 0 aromatic heterocycles. The predicted molar refractivity (Wildman–Crippen MR) is 67.4 cm³/mol. The van der Waals surface area contributed by atoms with Crippen LogP contribution in [0.2, 0.25) is 5.02 Å². The summed E-state index contributed by atoms with van der Waals surface area (Å²) in [4.78, 5) is 14.5. The molecule has 0 unspecified atom stereocenters. The van der Waals surface area contributed by atoms with Gasteiger partial charge in [0.1, 0.15) is 0 Å². The Morgan fingerprint density at radius 2 is 2.06 bits per heavy atom. The second kappa shape index (κ2) is 4.89. The monoisotopic (exact) mass is 317 g/mol. The van der Waals surface area contributed by atoms with E-state index in [0.29, 0.717) is 4.47 Å². The minimum atomic E-state index is -0.568. The first kappa shape index (κ1) is 12.7. The molecule has 0 amide bonds. The number of isocyanates is 1. The first-order valence-corrected chi connectivity index (χ1v) is 6.50. The summed E-state index contributed by atoms with van der Waals surface area (Å²) in [6.45, 7) is 0. The number of halogens is 3. The standard InChI is InChI=1S/C12H10BrClFNO/c13-9-5-8(6-10(14)11(9)15)12(16-7-17)3-1-2-4-12/h5-6H,1-4H2. The summed E-state index contributed by atoms with van der Waals surface area (Å²) < 4.78 is 13.7. The Bertz CT molecular complexity index is 470. The van der Waals surface area contributed by atoms with Gasteiger partial charge in [-0.2, -0.15) is 4.99 Å². The fourth-order valence-electron chi connectivity index (χ4n) is 2.34. The number of benzene rings is 1. The summed E-state index contributed by atoms with van der Waals surface area (Å²) in [7, 11) is 0. The van der Waals surface area contributed by atoms with Crippen LogP contribution >= 0.6 is 27.5 Å². The second-order valence-corrected chi connectivity index (χ2v) is 5.46. The Labute approximate surface area is 112 Å². The van der Waals surface area contributed by atoms with Crippen molar-refractivity contribution in [3.05, 3.63) is 33.0 Å². The summed E-state index contributed by atoms with van der Waals surface area (Å²) in [6.07, 6.45) is 5.17. The number of carbonyl (C=O) groups excluding carboxylic acids is 1. The Morgan fingerprint density at radius 3 is 2.59 bits per heavy atom. The molecule has 0 atom stereocenters. The molecule has 0 N–H and O–H groups in total. The molecule has 2 nitrogen and oxygen atoms in total. The van der Waals surface area contributed by atoms with Crippen molar-refractivity contribution in [2.75, 3.05) is 0 Å². The molecule has 1 saturated carbocycles. The van der Waals surface area contributed by atoms with Crippen LogP contribution in [-0.4, -0.2) is 6.08 Å². The minimum Gasteiger partial charge on any atom is -0.211 e. The highest BCUT2D eigenvalue weighted by atomic mass is 79.9. The van der Waals surface area contributed by atoms with E-state index in [2.05, 4.69) is 20.9 Å². The summed E-state index contributed by atoms with van der Waals surface area (Å²) in [5, 5.41) is 0.0433. The second-order valence-electron chi connectivity index (χ2n) is 4.20. The lowest BCUT2D eigenvalue weighted by Crippen LogP contribution is -2.19. The molecule has 1 aromatic rings. The summed E-state index contributed by atoms with van der Waals surface area (Å²) in [6, 6.07) is 3.20. The van der Waals surface area contributed by atoms with Crippen LogP contribution in [0.15, 0.2) is 21.6 Å². The lowest BCUT2D eigenvalue weighted by atomic mass is 9.89. The average molecular weight is 319 g/mol. The van der Waals surface area contributed by atoms with Crippen LogP contribution in [0.1, 0.15) is 31.2 Å². The number of nitrogens with zero attached hydrogens (tertiary/aromatic N) is 1. The predicted octanol–water partition coefficient (Wildman–Crippen LogP) is 4.35. The molecule has 0 aliphatic heterocycles. The van der Waals surface area contributed by atoms with Gasteiger partial charge < -0.3 is 0 Å². The first-order chi connectivity index (χ1) is 8.09. The molecule has 1 aliphatic rings. The zero-order chi connectivity index (χ0) is 12.5. The largest absolute Gasteiger partial charge is 0.235 e. The average Bonchev–Trinajstić information content (AvgIpc) is 2.75. The highest BCUT2D eigenvalue weighted by Gasteiger charge is 2.36. The van der Waals surface area contributed by atoms with Crippen molar-refractivity contribution in [2.45, 2.75) is 31.2 Å². The molecule has 1 fully saturated rings. The smallest absolute Gasteiger partial charge is 0.211 e. The van der Waals surface area contributed by atoms with Crippen molar-refractivity contribution < 1.29 is 9.18 Å². The van der Waals surface area contributed by atoms with Crippen LogP contribution in [0, 0.1) is 5.82 Å². The quantitative estimate of drug-likeness (QED) is 0.453. The minimum absolute atomic E-state index is 0.0433. The third-order valence-electron chi connectivity index (χ3n) is 3.21. The Balaban J connectivity index is 2.54. The van der Waals surface area contributed by atoms with Crippen LogP contribution in [0.3, 0.4) is 0 Å². The van der Waals surface area contributed by atoms with Gasteiger partial charge in [-0.15, -0.1) is 0 Å². The Hall–Kier alpha value is -0.700. The van der Waals surface area contributed by atoms with Gasteiger partial charge in [-0.3, -0.25) is 0 Å². The van der Waals surface area contributed by atoms with Crippen molar-refractivity contribution in [1.82, 2.24) is 0 Å². The molecule has 1 aliphatic carbocycles. The van der Waals surface area contributed by atoms with Gasteiger partial charge in [0.15, 0.2) is 5.82 Å². The van der Waals surface area contributed by atoms with Gasteiger partial charge in [-0.05, 0) is 46.5 Å². The van der Waals surface area contributed by atoms with Gasteiger partial charge in [0, 0.05) is 0 Å². The van der Waals surface area contributed by atoms with Crippen LogP contribution in [0.5, 0.6) is 0 Å². The van der Waals surface area contributed by atoms with E-state index >= 15 is 0 Å². The van der Waals surface area contributed by atoms with Gasteiger partial charge in [0.2, 0.25) is 6.08 Å². The molecule has 0 spiro atoms. The third kappa shape index (κ3) is 2.30. The first-order valence-electron chi connectivity index (χ1n) is 5.33. The third-order valence-corrected chi connectivity index (χ3v) is 4.06. The van der Waals surface area contributed by atoms with E-state index in [1.165, 1.54) is 0 Å². The molecular weight excluding hydrogens is 308 g/mol. The molecule has 2 rings (SSSR count). The van der Waals surface area contributed by atoms with Gasteiger partial charge in [0.25, 0.3) is 0 Å². The van der Waals surface area contributed by atoms with Crippen molar-refractivity contribution >= 4 is 33.6 Å². The number of hydrogen-bond donors (Lipinski definition) is 0. The van der Waals surface area contributed by atoms with Crippen LogP contribution in [-0.2, 0) is 10.3 Å². The van der Waals surface area contributed by atoms with Crippen molar-refractivity contribution in [3.63, 3.8) is 0 Å². The van der Waals surface area contributed by atoms with Gasteiger partial charge in [-0.25, -0.2) is 9.18 Å². The van der Waals surface area contributed by atoms with Crippen LogP contribution in [0.4, 0.5) is 4.39 Å². The van der Waals surface area contributed by atoms with Gasteiger partial charge >= 0.3 is 0 Å². The van der Waals surface area contributed by atoms with Crippen molar-refractivity contribution in [3.8, 4) is 0 Å². The molecule has 0 bridgehead atoms. The lowest BCUT2D eigenvalue weighted by Gasteiger charge is -2.23. The van der Waals surface area contributed by atoms with E-state index in [1.807, 2.05) is 0 Å².